The van der Waals surface area contributed by atoms with Crippen molar-refractivity contribution in [2.45, 2.75) is 13.5 Å². The molecule has 0 bridgehead atoms. The van der Waals surface area contributed by atoms with Crippen molar-refractivity contribution >= 4 is 41.5 Å². The first-order valence-electron chi connectivity index (χ1n) is 8.24. The van der Waals surface area contributed by atoms with Gasteiger partial charge in [-0.05, 0) is 36.8 Å². The van der Waals surface area contributed by atoms with Gasteiger partial charge in [0.25, 0.3) is 0 Å². The molecule has 8 heteroatoms. The molecule has 0 aliphatic carbocycles. The van der Waals surface area contributed by atoms with E-state index in [-0.39, 0.29) is 24.0 Å². The lowest BCUT2D eigenvalue weighted by Gasteiger charge is -2.14. The van der Waals surface area contributed by atoms with Crippen molar-refractivity contribution in [3.05, 3.63) is 53.6 Å². The van der Waals surface area contributed by atoms with Crippen LogP contribution in [0.2, 0.25) is 0 Å². The molecule has 0 spiro atoms. The van der Waals surface area contributed by atoms with E-state index in [0.29, 0.717) is 36.2 Å². The van der Waals surface area contributed by atoms with Gasteiger partial charge in [0.1, 0.15) is 0 Å². The van der Waals surface area contributed by atoms with Crippen LogP contribution in [0.4, 0.5) is 5.69 Å². The number of methoxy groups -OCH3 is 1. The summed E-state index contributed by atoms with van der Waals surface area (Å²) in [6, 6.07) is 12.7. The van der Waals surface area contributed by atoms with Gasteiger partial charge in [0.15, 0.2) is 17.5 Å². The van der Waals surface area contributed by atoms with Crippen LogP contribution in [0, 0.1) is 0 Å². The van der Waals surface area contributed by atoms with Crippen LogP contribution >= 0.6 is 24.0 Å². The first-order valence-corrected chi connectivity index (χ1v) is 8.24. The first kappa shape index (κ1) is 22.6. The zero-order valence-corrected chi connectivity index (χ0v) is 17.9. The molecule has 0 radical (unpaired) electrons. The number of nitrogens with one attached hydrogen (secondary N) is 2. The maximum atomic E-state index is 11.1. The molecular formula is C19H25IN4O3. The third-order valence-corrected chi connectivity index (χ3v) is 3.65. The lowest BCUT2D eigenvalue weighted by Crippen LogP contribution is -2.30. The number of hydrogen-bond acceptors (Lipinski definition) is 4. The van der Waals surface area contributed by atoms with Gasteiger partial charge in [0, 0.05) is 30.9 Å². The van der Waals surface area contributed by atoms with E-state index in [0.717, 1.165) is 11.3 Å². The number of halogens is 1. The minimum Gasteiger partial charge on any atom is -0.493 e. The highest BCUT2D eigenvalue weighted by Crippen LogP contribution is 2.30. The van der Waals surface area contributed by atoms with Crippen molar-refractivity contribution in [1.82, 2.24) is 5.32 Å². The second kappa shape index (κ2) is 11.3. The molecular weight excluding hydrogens is 459 g/mol. The molecule has 0 unspecified atom stereocenters. The summed E-state index contributed by atoms with van der Waals surface area (Å²) < 4.78 is 10.9. The zero-order chi connectivity index (χ0) is 18.9. The van der Waals surface area contributed by atoms with Gasteiger partial charge in [0.2, 0.25) is 5.91 Å². The number of rotatable bonds is 7. The first-order chi connectivity index (χ1) is 12.6. The van der Waals surface area contributed by atoms with E-state index >= 15 is 0 Å². The second-order valence-corrected chi connectivity index (χ2v) is 5.41. The van der Waals surface area contributed by atoms with Crippen LogP contribution in [0.25, 0.3) is 0 Å². The standard InChI is InChI=1S/C19H24N4O3.HI/c1-4-26-16-10-9-15(11-17(16)25-3)23-19(21-2)22-12-13-5-7-14(8-6-13)18(20)24;/h5-11H,4,12H2,1-3H3,(H2,20,24)(H2,21,22,23);1H. The van der Waals surface area contributed by atoms with Crippen LogP contribution in [-0.4, -0.2) is 32.6 Å². The van der Waals surface area contributed by atoms with E-state index in [1.54, 1.807) is 26.3 Å². The fourth-order valence-corrected chi connectivity index (χ4v) is 2.31. The Hall–Kier alpha value is -2.49. The topological polar surface area (TPSA) is 98.0 Å². The van der Waals surface area contributed by atoms with Crippen molar-refractivity contribution in [3.8, 4) is 11.5 Å². The van der Waals surface area contributed by atoms with E-state index in [1.165, 1.54) is 0 Å². The monoisotopic (exact) mass is 484 g/mol. The number of amides is 1. The molecule has 0 atom stereocenters. The van der Waals surface area contributed by atoms with Crippen molar-refractivity contribution in [1.29, 1.82) is 0 Å². The highest BCUT2D eigenvalue weighted by atomic mass is 127. The molecule has 0 heterocycles. The van der Waals surface area contributed by atoms with E-state index < -0.39 is 5.91 Å². The van der Waals surface area contributed by atoms with Crippen LogP contribution in [0.5, 0.6) is 11.5 Å². The number of carbonyl (C=O) groups excluding carboxylic acids is 1. The number of anilines is 1. The Morgan fingerprint density at radius 3 is 2.41 bits per heavy atom. The van der Waals surface area contributed by atoms with Gasteiger partial charge in [-0.15, -0.1) is 24.0 Å². The van der Waals surface area contributed by atoms with Crippen LogP contribution in [0.3, 0.4) is 0 Å². The molecule has 0 aliphatic heterocycles. The van der Waals surface area contributed by atoms with E-state index in [9.17, 15) is 4.79 Å². The number of primary amides is 1. The van der Waals surface area contributed by atoms with Gasteiger partial charge >= 0.3 is 0 Å². The minimum absolute atomic E-state index is 0. The average molecular weight is 484 g/mol. The maximum Gasteiger partial charge on any atom is 0.248 e. The third kappa shape index (κ3) is 6.63. The molecule has 2 aromatic rings. The number of ether oxygens (including phenoxy) is 2. The molecule has 2 aromatic carbocycles. The lowest BCUT2D eigenvalue weighted by atomic mass is 10.1. The molecule has 0 saturated carbocycles. The minimum atomic E-state index is -0.438. The van der Waals surface area contributed by atoms with Gasteiger partial charge in [-0.1, -0.05) is 12.1 Å². The summed E-state index contributed by atoms with van der Waals surface area (Å²) in [6.07, 6.45) is 0. The van der Waals surface area contributed by atoms with Crippen molar-refractivity contribution in [2.75, 3.05) is 26.1 Å². The number of aliphatic imine (C=N–C) groups is 1. The van der Waals surface area contributed by atoms with Gasteiger partial charge < -0.3 is 25.8 Å². The molecule has 2 rings (SSSR count). The molecule has 1 amide bonds. The van der Waals surface area contributed by atoms with Crippen LogP contribution in [-0.2, 0) is 6.54 Å². The summed E-state index contributed by atoms with van der Waals surface area (Å²) in [7, 11) is 3.29. The van der Waals surface area contributed by atoms with Crippen LogP contribution < -0.4 is 25.8 Å². The molecule has 4 N–H and O–H groups in total. The van der Waals surface area contributed by atoms with Crippen LogP contribution in [0.15, 0.2) is 47.5 Å². The number of carbonyl (C=O) groups is 1. The smallest absolute Gasteiger partial charge is 0.248 e. The predicted molar refractivity (Wildman–Crippen MR) is 118 cm³/mol. The van der Waals surface area contributed by atoms with Crippen molar-refractivity contribution < 1.29 is 14.3 Å². The quantitative estimate of drug-likeness (QED) is 0.319. The number of hydrogen-bond donors (Lipinski definition) is 3. The lowest BCUT2D eigenvalue weighted by molar-refractivity contribution is 0.100. The molecule has 0 saturated heterocycles. The highest BCUT2D eigenvalue weighted by Gasteiger charge is 2.07. The van der Waals surface area contributed by atoms with E-state index in [2.05, 4.69) is 15.6 Å². The number of nitrogens with zero attached hydrogens (tertiary/aromatic N) is 1. The number of benzene rings is 2. The summed E-state index contributed by atoms with van der Waals surface area (Å²) in [4.78, 5) is 15.3. The number of guanidine groups is 1. The van der Waals surface area contributed by atoms with Crippen LogP contribution in [0.1, 0.15) is 22.8 Å². The molecule has 27 heavy (non-hydrogen) atoms. The SMILES string of the molecule is CCOc1ccc(NC(=NC)NCc2ccc(C(N)=O)cc2)cc1OC.I. The summed E-state index contributed by atoms with van der Waals surface area (Å²) in [5.74, 6) is 1.51. The molecule has 0 aliphatic rings. The molecule has 7 nitrogen and oxygen atoms in total. The van der Waals surface area contributed by atoms with E-state index in [4.69, 9.17) is 15.2 Å². The fourth-order valence-electron chi connectivity index (χ4n) is 2.31. The fraction of sp³-hybridized carbons (Fsp3) is 0.263. The summed E-state index contributed by atoms with van der Waals surface area (Å²) in [5, 5.41) is 6.41. The second-order valence-electron chi connectivity index (χ2n) is 5.41. The third-order valence-electron chi connectivity index (χ3n) is 3.65. The van der Waals surface area contributed by atoms with E-state index in [1.807, 2.05) is 37.3 Å². The van der Waals surface area contributed by atoms with Gasteiger partial charge in [-0.25, -0.2) is 0 Å². The highest BCUT2D eigenvalue weighted by molar-refractivity contribution is 14.0. The Labute approximate surface area is 176 Å². The zero-order valence-electron chi connectivity index (χ0n) is 15.6. The molecule has 0 aromatic heterocycles. The normalized spacial score (nSPS) is 10.6. The summed E-state index contributed by atoms with van der Waals surface area (Å²) in [5.41, 5.74) is 7.55. The predicted octanol–water partition coefficient (Wildman–Crippen LogP) is 3.00. The molecule has 146 valence electrons. The Balaban J connectivity index is 0.00000364. The Kier molecular flexibility index (Phi) is 9.41. The maximum absolute atomic E-state index is 11.1. The van der Waals surface area contributed by atoms with Gasteiger partial charge in [0.05, 0.1) is 13.7 Å². The number of nitrogens with two attached hydrogens (primary N) is 1. The van der Waals surface area contributed by atoms with Gasteiger partial charge in [-0.3, -0.25) is 9.79 Å². The van der Waals surface area contributed by atoms with Crippen molar-refractivity contribution in [2.24, 2.45) is 10.7 Å². The Bertz CT molecular complexity index is 779. The summed E-state index contributed by atoms with van der Waals surface area (Å²) in [6.45, 7) is 3.04. The molecule has 0 fully saturated rings. The Morgan fingerprint density at radius 2 is 1.85 bits per heavy atom. The Morgan fingerprint density at radius 1 is 1.15 bits per heavy atom. The summed E-state index contributed by atoms with van der Waals surface area (Å²) >= 11 is 0. The largest absolute Gasteiger partial charge is 0.493 e. The van der Waals surface area contributed by atoms with Crippen molar-refractivity contribution in [3.63, 3.8) is 0 Å². The average Bonchev–Trinajstić information content (AvgIpc) is 2.66. The van der Waals surface area contributed by atoms with Gasteiger partial charge in [-0.2, -0.15) is 0 Å².